The van der Waals surface area contributed by atoms with Gasteiger partial charge < -0.3 is 15.0 Å². The number of thiophene rings is 1. The molecule has 3 amide bonds. The number of carbonyl (C=O) groups excluding carboxylic acids is 3. The summed E-state index contributed by atoms with van der Waals surface area (Å²) in [5.41, 5.74) is 0.555. The first-order chi connectivity index (χ1) is 14.4. The second-order valence-corrected chi connectivity index (χ2v) is 8.78. The van der Waals surface area contributed by atoms with Gasteiger partial charge in [-0.2, -0.15) is 0 Å². The fraction of sp³-hybridized carbons (Fsp3) is 0.350. The number of nitrogens with zero attached hydrogens (tertiary/aromatic N) is 2. The van der Waals surface area contributed by atoms with Gasteiger partial charge in [0.25, 0.3) is 5.91 Å². The molecule has 0 radical (unpaired) electrons. The van der Waals surface area contributed by atoms with E-state index in [0.717, 1.165) is 24.2 Å². The SMILES string of the molecule is O=C(NCC1CN(c2ccc(N3CCCCC3=O)c(F)c2)C(=O)O1)c1ccc(Cl)s1. The van der Waals surface area contributed by atoms with Gasteiger partial charge in [-0.3, -0.25) is 14.5 Å². The van der Waals surface area contributed by atoms with E-state index in [1.54, 1.807) is 18.2 Å². The summed E-state index contributed by atoms with van der Waals surface area (Å²) in [4.78, 5) is 39.6. The average molecular weight is 452 g/mol. The molecule has 1 N–H and O–H groups in total. The van der Waals surface area contributed by atoms with Crippen LogP contribution in [0.1, 0.15) is 28.9 Å². The molecule has 4 rings (SSSR count). The zero-order valence-corrected chi connectivity index (χ0v) is 17.5. The lowest BCUT2D eigenvalue weighted by Crippen LogP contribution is -2.36. The lowest BCUT2D eigenvalue weighted by molar-refractivity contribution is -0.119. The summed E-state index contributed by atoms with van der Waals surface area (Å²) in [6, 6.07) is 7.58. The minimum atomic E-state index is -0.616. The second kappa shape index (κ2) is 8.61. The number of anilines is 2. The van der Waals surface area contributed by atoms with E-state index in [0.29, 0.717) is 27.9 Å². The van der Waals surface area contributed by atoms with E-state index in [1.165, 1.54) is 21.9 Å². The Morgan fingerprint density at radius 1 is 1.23 bits per heavy atom. The lowest BCUT2D eigenvalue weighted by Gasteiger charge is -2.27. The summed E-state index contributed by atoms with van der Waals surface area (Å²) >= 11 is 6.99. The molecule has 1 aromatic carbocycles. The fourth-order valence-electron chi connectivity index (χ4n) is 3.51. The number of rotatable bonds is 5. The summed E-state index contributed by atoms with van der Waals surface area (Å²) in [7, 11) is 0. The van der Waals surface area contributed by atoms with Crippen molar-refractivity contribution in [2.24, 2.45) is 0 Å². The van der Waals surface area contributed by atoms with Crippen molar-refractivity contribution in [1.29, 1.82) is 0 Å². The molecule has 10 heteroatoms. The van der Waals surface area contributed by atoms with Crippen LogP contribution in [-0.2, 0) is 9.53 Å². The maximum Gasteiger partial charge on any atom is 0.414 e. The van der Waals surface area contributed by atoms with E-state index in [2.05, 4.69) is 5.32 Å². The summed E-state index contributed by atoms with van der Waals surface area (Å²) in [5, 5.41) is 2.71. The second-order valence-electron chi connectivity index (χ2n) is 7.07. The van der Waals surface area contributed by atoms with Crippen molar-refractivity contribution in [3.8, 4) is 0 Å². The highest BCUT2D eigenvalue weighted by Gasteiger charge is 2.33. The van der Waals surface area contributed by atoms with Gasteiger partial charge in [-0.15, -0.1) is 11.3 Å². The topological polar surface area (TPSA) is 79.0 Å². The molecule has 1 atom stereocenters. The third kappa shape index (κ3) is 4.27. The van der Waals surface area contributed by atoms with Gasteiger partial charge in [0.1, 0.15) is 11.9 Å². The molecular weight excluding hydrogens is 433 g/mol. The van der Waals surface area contributed by atoms with Gasteiger partial charge in [-0.25, -0.2) is 9.18 Å². The Balaban J connectivity index is 1.39. The van der Waals surface area contributed by atoms with Crippen molar-refractivity contribution in [3.05, 3.63) is 45.4 Å². The van der Waals surface area contributed by atoms with E-state index in [1.807, 2.05) is 0 Å². The summed E-state index contributed by atoms with van der Waals surface area (Å²) in [6.45, 7) is 0.781. The number of amides is 3. The number of cyclic esters (lactones) is 1. The highest BCUT2D eigenvalue weighted by atomic mass is 35.5. The van der Waals surface area contributed by atoms with Gasteiger partial charge >= 0.3 is 6.09 Å². The van der Waals surface area contributed by atoms with Gasteiger partial charge in [-0.05, 0) is 43.2 Å². The zero-order chi connectivity index (χ0) is 21.3. The van der Waals surface area contributed by atoms with Gasteiger partial charge in [0.05, 0.1) is 33.7 Å². The van der Waals surface area contributed by atoms with E-state index >= 15 is 0 Å². The molecule has 0 saturated carbocycles. The molecule has 0 bridgehead atoms. The van der Waals surface area contributed by atoms with Crippen LogP contribution in [0.3, 0.4) is 0 Å². The van der Waals surface area contributed by atoms with Crippen molar-refractivity contribution in [3.63, 3.8) is 0 Å². The standard InChI is InChI=1S/C20H19ClFN3O4S/c21-17-7-6-16(30-17)19(27)23-10-13-11-25(20(28)29-13)12-4-5-15(14(22)9-12)24-8-2-1-3-18(24)26/h4-7,9,13H,1-3,8,10-11H2,(H,23,27). The van der Waals surface area contributed by atoms with E-state index < -0.39 is 18.0 Å². The van der Waals surface area contributed by atoms with Crippen LogP contribution in [0.15, 0.2) is 30.3 Å². The summed E-state index contributed by atoms with van der Waals surface area (Å²) in [5.74, 6) is -0.971. The third-order valence-corrected chi connectivity index (χ3v) is 6.25. The van der Waals surface area contributed by atoms with Crippen molar-refractivity contribution < 1.29 is 23.5 Å². The first kappa shape index (κ1) is 20.6. The number of carbonyl (C=O) groups is 3. The van der Waals surface area contributed by atoms with E-state index in [4.69, 9.17) is 16.3 Å². The molecule has 1 aromatic heterocycles. The molecule has 1 unspecified atom stereocenters. The number of nitrogens with one attached hydrogen (secondary N) is 1. The molecular formula is C20H19ClFN3O4S. The van der Waals surface area contributed by atoms with Gasteiger partial charge in [-0.1, -0.05) is 11.6 Å². The van der Waals surface area contributed by atoms with E-state index in [9.17, 15) is 18.8 Å². The maximum atomic E-state index is 14.7. The predicted octanol–water partition coefficient (Wildman–Crippen LogP) is 3.81. The van der Waals surface area contributed by atoms with Crippen LogP contribution in [0, 0.1) is 5.82 Å². The Morgan fingerprint density at radius 2 is 2.07 bits per heavy atom. The van der Waals surface area contributed by atoms with Crippen molar-refractivity contribution in [2.45, 2.75) is 25.4 Å². The average Bonchev–Trinajstić information content (AvgIpc) is 3.32. The fourth-order valence-corrected chi connectivity index (χ4v) is 4.47. The highest BCUT2D eigenvalue weighted by molar-refractivity contribution is 7.18. The molecule has 2 aromatic rings. The minimum Gasteiger partial charge on any atom is -0.442 e. The normalized spacial score (nSPS) is 19.2. The number of benzene rings is 1. The van der Waals surface area contributed by atoms with Crippen LogP contribution < -0.4 is 15.1 Å². The van der Waals surface area contributed by atoms with Crippen molar-refractivity contribution in [1.82, 2.24) is 5.32 Å². The largest absolute Gasteiger partial charge is 0.442 e. The smallest absolute Gasteiger partial charge is 0.414 e. The lowest BCUT2D eigenvalue weighted by atomic mass is 10.1. The monoisotopic (exact) mass is 451 g/mol. The van der Waals surface area contributed by atoms with Crippen LogP contribution in [-0.4, -0.2) is 43.6 Å². The van der Waals surface area contributed by atoms with Crippen LogP contribution in [0.4, 0.5) is 20.6 Å². The third-order valence-electron chi connectivity index (χ3n) is 5.02. The van der Waals surface area contributed by atoms with Gasteiger partial charge in [0.15, 0.2) is 0 Å². The Labute approximate surface area is 181 Å². The Kier molecular flexibility index (Phi) is 5.92. The molecule has 7 nitrogen and oxygen atoms in total. The quantitative estimate of drug-likeness (QED) is 0.749. The molecule has 2 aliphatic rings. The number of hydrogen-bond acceptors (Lipinski definition) is 5. The van der Waals surface area contributed by atoms with Crippen LogP contribution in [0.25, 0.3) is 0 Å². The molecule has 2 saturated heterocycles. The molecule has 0 aliphatic carbocycles. The van der Waals surface area contributed by atoms with Crippen LogP contribution in [0.5, 0.6) is 0 Å². The van der Waals surface area contributed by atoms with Gasteiger partial charge in [0.2, 0.25) is 5.91 Å². The number of piperidine rings is 1. The van der Waals surface area contributed by atoms with Crippen LogP contribution >= 0.6 is 22.9 Å². The van der Waals surface area contributed by atoms with Crippen LogP contribution in [0.2, 0.25) is 4.34 Å². The van der Waals surface area contributed by atoms with E-state index in [-0.39, 0.29) is 30.6 Å². The molecule has 158 valence electrons. The number of halogens is 2. The van der Waals surface area contributed by atoms with Gasteiger partial charge in [0, 0.05) is 13.0 Å². The summed E-state index contributed by atoms with van der Waals surface area (Å²) < 4.78 is 20.5. The number of hydrogen-bond donors (Lipinski definition) is 1. The predicted molar refractivity (Wildman–Crippen MR) is 112 cm³/mol. The number of ether oxygens (including phenoxy) is 1. The highest BCUT2D eigenvalue weighted by Crippen LogP contribution is 2.30. The van der Waals surface area contributed by atoms with Crippen molar-refractivity contribution >= 4 is 52.2 Å². The Bertz CT molecular complexity index is 998. The first-order valence-corrected chi connectivity index (χ1v) is 10.7. The maximum absolute atomic E-state index is 14.7. The Hall–Kier alpha value is -2.65. The van der Waals surface area contributed by atoms with Crippen molar-refractivity contribution in [2.75, 3.05) is 29.4 Å². The molecule has 2 aliphatic heterocycles. The molecule has 30 heavy (non-hydrogen) atoms. The molecule has 0 spiro atoms. The zero-order valence-electron chi connectivity index (χ0n) is 15.9. The summed E-state index contributed by atoms with van der Waals surface area (Å²) in [6.07, 6.45) is 0.866. The Morgan fingerprint density at radius 3 is 2.77 bits per heavy atom. The minimum absolute atomic E-state index is 0.101. The molecule has 3 heterocycles. The molecule has 2 fully saturated rings. The first-order valence-electron chi connectivity index (χ1n) is 9.54.